The molecule has 1 aliphatic heterocycles. The van der Waals surface area contributed by atoms with E-state index in [2.05, 4.69) is 0 Å². The highest BCUT2D eigenvalue weighted by atomic mass is 35.5. The maximum atomic E-state index is 9.68. The van der Waals surface area contributed by atoms with Gasteiger partial charge in [0.2, 0.25) is 0 Å². The minimum absolute atomic E-state index is 0.161. The third kappa shape index (κ3) is 2.78. The van der Waals surface area contributed by atoms with Crippen molar-refractivity contribution in [1.29, 1.82) is 0 Å². The summed E-state index contributed by atoms with van der Waals surface area (Å²) in [7, 11) is 0. The van der Waals surface area contributed by atoms with E-state index in [9.17, 15) is 15.3 Å². The number of nitrogens with zero attached hydrogens (tertiary/aromatic N) is 1. The maximum Gasteiger partial charge on any atom is 0.0988 e. The first-order chi connectivity index (χ1) is 8.11. The van der Waals surface area contributed by atoms with E-state index in [0.29, 0.717) is 18.1 Å². The maximum absolute atomic E-state index is 9.68. The van der Waals surface area contributed by atoms with Crippen molar-refractivity contribution in [3.63, 3.8) is 0 Å². The molecule has 1 aromatic rings. The van der Waals surface area contributed by atoms with Crippen LogP contribution in [-0.4, -0.2) is 51.6 Å². The number of hydrogen-bond acceptors (Lipinski definition) is 4. The molecule has 1 saturated heterocycles. The van der Waals surface area contributed by atoms with Gasteiger partial charge in [-0.15, -0.1) is 0 Å². The van der Waals surface area contributed by atoms with Crippen LogP contribution in [-0.2, 0) is 6.54 Å². The standard InChI is InChI=1S/C12H16ClNO3/c13-9-3-1-8(2-4-9)5-14-6-11(16)12(17)10(14)7-15/h1-4,10-12,15-17H,5-7H2/t10-,11-,12-/m0/s1. The summed E-state index contributed by atoms with van der Waals surface area (Å²) in [4.78, 5) is 1.87. The summed E-state index contributed by atoms with van der Waals surface area (Å²) in [6, 6.07) is 6.99. The number of aliphatic hydroxyl groups excluding tert-OH is 3. The molecule has 0 saturated carbocycles. The van der Waals surface area contributed by atoms with Crippen LogP contribution in [0.1, 0.15) is 5.56 Å². The van der Waals surface area contributed by atoms with Gasteiger partial charge in [0, 0.05) is 18.1 Å². The molecule has 3 N–H and O–H groups in total. The molecule has 0 aliphatic carbocycles. The SMILES string of the molecule is OC[C@H]1[C@H](O)[C@@H](O)CN1Cc1ccc(Cl)cc1. The van der Waals surface area contributed by atoms with Crippen molar-refractivity contribution < 1.29 is 15.3 Å². The van der Waals surface area contributed by atoms with Crippen molar-refractivity contribution in [3.8, 4) is 0 Å². The van der Waals surface area contributed by atoms with E-state index in [1.165, 1.54) is 0 Å². The normalized spacial score (nSPS) is 29.8. The van der Waals surface area contributed by atoms with Gasteiger partial charge in [-0.1, -0.05) is 23.7 Å². The third-order valence-corrected chi connectivity index (χ3v) is 3.42. The van der Waals surface area contributed by atoms with Crippen LogP contribution in [0.25, 0.3) is 0 Å². The average Bonchev–Trinajstić information content (AvgIpc) is 2.58. The fourth-order valence-electron chi connectivity index (χ4n) is 2.19. The zero-order valence-electron chi connectivity index (χ0n) is 9.33. The smallest absolute Gasteiger partial charge is 0.0988 e. The molecule has 3 atom stereocenters. The summed E-state index contributed by atoms with van der Waals surface area (Å²) in [6.07, 6.45) is -1.67. The number of likely N-dealkylation sites (tertiary alicyclic amines) is 1. The Bertz CT molecular complexity index is 371. The molecule has 94 valence electrons. The topological polar surface area (TPSA) is 63.9 Å². The fourth-order valence-corrected chi connectivity index (χ4v) is 2.31. The van der Waals surface area contributed by atoms with Crippen molar-refractivity contribution in [2.45, 2.75) is 24.8 Å². The molecule has 1 fully saturated rings. The van der Waals surface area contributed by atoms with Gasteiger partial charge in [-0.25, -0.2) is 0 Å². The minimum atomic E-state index is -0.882. The van der Waals surface area contributed by atoms with Gasteiger partial charge in [0.1, 0.15) is 0 Å². The summed E-state index contributed by atoms with van der Waals surface area (Å²) in [5.41, 5.74) is 1.04. The number of hydrogen-bond donors (Lipinski definition) is 3. The quantitative estimate of drug-likeness (QED) is 0.726. The first-order valence-electron chi connectivity index (χ1n) is 5.57. The van der Waals surface area contributed by atoms with Gasteiger partial charge in [-0.2, -0.15) is 0 Å². The lowest BCUT2D eigenvalue weighted by Crippen LogP contribution is -2.38. The predicted molar refractivity (Wildman–Crippen MR) is 64.7 cm³/mol. The zero-order valence-corrected chi connectivity index (χ0v) is 10.1. The molecule has 2 rings (SSSR count). The highest BCUT2D eigenvalue weighted by Gasteiger charge is 2.39. The average molecular weight is 258 g/mol. The fraction of sp³-hybridized carbons (Fsp3) is 0.500. The lowest BCUT2D eigenvalue weighted by molar-refractivity contribution is 0.0210. The molecule has 1 aliphatic rings. The van der Waals surface area contributed by atoms with Crippen molar-refractivity contribution in [1.82, 2.24) is 4.90 Å². The second-order valence-corrected chi connectivity index (χ2v) is 4.80. The van der Waals surface area contributed by atoms with Crippen LogP contribution in [0.4, 0.5) is 0 Å². The van der Waals surface area contributed by atoms with Gasteiger partial charge >= 0.3 is 0 Å². The van der Waals surface area contributed by atoms with Crippen LogP contribution in [0.3, 0.4) is 0 Å². The van der Waals surface area contributed by atoms with E-state index < -0.39 is 18.2 Å². The van der Waals surface area contributed by atoms with Crippen LogP contribution in [0.15, 0.2) is 24.3 Å². The van der Waals surface area contributed by atoms with Crippen molar-refractivity contribution in [3.05, 3.63) is 34.9 Å². The minimum Gasteiger partial charge on any atom is -0.395 e. The molecule has 5 heteroatoms. The van der Waals surface area contributed by atoms with Crippen molar-refractivity contribution in [2.24, 2.45) is 0 Å². The van der Waals surface area contributed by atoms with Crippen LogP contribution < -0.4 is 0 Å². The Labute approximate surface area is 105 Å². The summed E-state index contributed by atoms with van der Waals surface area (Å²) in [6.45, 7) is 0.789. The molecular formula is C12H16ClNO3. The Morgan fingerprint density at radius 2 is 1.88 bits per heavy atom. The Morgan fingerprint density at radius 3 is 2.47 bits per heavy atom. The van der Waals surface area contributed by atoms with E-state index in [-0.39, 0.29) is 6.61 Å². The largest absolute Gasteiger partial charge is 0.395 e. The molecule has 0 unspecified atom stereocenters. The lowest BCUT2D eigenvalue weighted by Gasteiger charge is -2.23. The van der Waals surface area contributed by atoms with E-state index in [1.54, 1.807) is 12.1 Å². The zero-order chi connectivity index (χ0) is 12.4. The van der Waals surface area contributed by atoms with Gasteiger partial charge in [-0.05, 0) is 17.7 Å². The first kappa shape index (κ1) is 12.8. The molecule has 1 heterocycles. The molecule has 17 heavy (non-hydrogen) atoms. The van der Waals surface area contributed by atoms with E-state index in [4.69, 9.17) is 11.6 Å². The van der Waals surface area contributed by atoms with Gasteiger partial charge in [-0.3, -0.25) is 4.90 Å². The Morgan fingerprint density at radius 1 is 1.24 bits per heavy atom. The summed E-state index contributed by atoms with van der Waals surface area (Å²) in [5.74, 6) is 0. The molecule has 4 nitrogen and oxygen atoms in total. The Kier molecular flexibility index (Phi) is 4.01. The Balaban J connectivity index is 2.05. The lowest BCUT2D eigenvalue weighted by atomic mass is 10.1. The van der Waals surface area contributed by atoms with Crippen LogP contribution >= 0.6 is 11.6 Å². The number of aliphatic hydroxyl groups is 3. The first-order valence-corrected chi connectivity index (χ1v) is 5.95. The van der Waals surface area contributed by atoms with Gasteiger partial charge in [0.05, 0.1) is 24.9 Å². The Hall–Kier alpha value is -0.650. The summed E-state index contributed by atoms with van der Waals surface area (Å²) >= 11 is 5.80. The van der Waals surface area contributed by atoms with Crippen LogP contribution in [0.5, 0.6) is 0 Å². The second-order valence-electron chi connectivity index (χ2n) is 4.36. The molecule has 0 amide bonds. The molecule has 0 radical (unpaired) electrons. The monoisotopic (exact) mass is 257 g/mol. The van der Waals surface area contributed by atoms with E-state index in [1.807, 2.05) is 17.0 Å². The van der Waals surface area contributed by atoms with Gasteiger partial charge in [0.15, 0.2) is 0 Å². The van der Waals surface area contributed by atoms with Crippen molar-refractivity contribution in [2.75, 3.05) is 13.2 Å². The molecule has 1 aromatic carbocycles. The molecule has 0 spiro atoms. The highest BCUT2D eigenvalue weighted by molar-refractivity contribution is 6.30. The predicted octanol–water partition coefficient (Wildman–Crippen LogP) is 0.238. The van der Waals surface area contributed by atoms with Gasteiger partial charge in [0.25, 0.3) is 0 Å². The highest BCUT2D eigenvalue weighted by Crippen LogP contribution is 2.21. The number of halogens is 1. The van der Waals surface area contributed by atoms with Crippen LogP contribution in [0.2, 0.25) is 5.02 Å². The summed E-state index contributed by atoms with van der Waals surface area (Å²) < 4.78 is 0. The molecular weight excluding hydrogens is 242 g/mol. The number of β-amino-alcohol motifs (C(OH)–C–C–N with tert-alkyl or cyclic N) is 1. The second kappa shape index (κ2) is 5.33. The van der Waals surface area contributed by atoms with Crippen LogP contribution in [0, 0.1) is 0 Å². The third-order valence-electron chi connectivity index (χ3n) is 3.17. The van der Waals surface area contributed by atoms with Gasteiger partial charge < -0.3 is 15.3 Å². The molecule has 0 aromatic heterocycles. The number of benzene rings is 1. The van der Waals surface area contributed by atoms with E-state index in [0.717, 1.165) is 5.56 Å². The molecule has 0 bridgehead atoms. The van der Waals surface area contributed by atoms with E-state index >= 15 is 0 Å². The summed E-state index contributed by atoms with van der Waals surface area (Å²) in [5, 5.41) is 29.1. The number of rotatable bonds is 3. The van der Waals surface area contributed by atoms with Crippen molar-refractivity contribution >= 4 is 11.6 Å².